The molecule has 1 aliphatic rings. The minimum Gasteiger partial charge on any atom is -0.465 e. The molecule has 19 heavy (non-hydrogen) atoms. The molecule has 0 aliphatic carbocycles. The first kappa shape index (κ1) is 15.5. The molecule has 0 radical (unpaired) electrons. The third kappa shape index (κ3) is 3.24. The highest BCUT2D eigenvalue weighted by molar-refractivity contribution is 6.01. The second-order valence-corrected chi connectivity index (χ2v) is 4.66. The van der Waals surface area contributed by atoms with E-state index in [-0.39, 0.29) is 19.1 Å². The summed E-state index contributed by atoms with van der Waals surface area (Å²) in [7, 11) is 0. The van der Waals surface area contributed by atoms with Crippen molar-refractivity contribution in [1.82, 2.24) is 5.32 Å². The zero-order valence-electron chi connectivity index (χ0n) is 11.7. The maximum atomic E-state index is 12.1. The Labute approximate surface area is 112 Å². The molecule has 1 atom stereocenters. The van der Waals surface area contributed by atoms with Crippen LogP contribution in [0.15, 0.2) is 0 Å². The Morgan fingerprint density at radius 3 is 2.21 bits per heavy atom. The van der Waals surface area contributed by atoms with Crippen LogP contribution in [0.25, 0.3) is 0 Å². The first-order chi connectivity index (χ1) is 8.96. The van der Waals surface area contributed by atoms with Crippen LogP contribution in [0.3, 0.4) is 0 Å². The van der Waals surface area contributed by atoms with Gasteiger partial charge in [-0.05, 0) is 33.6 Å². The molecule has 0 aromatic heterocycles. The van der Waals surface area contributed by atoms with Crippen molar-refractivity contribution < 1.29 is 23.9 Å². The lowest BCUT2D eigenvalue weighted by atomic mass is 9.78. The van der Waals surface area contributed by atoms with E-state index < -0.39 is 23.4 Å². The lowest BCUT2D eigenvalue weighted by Crippen LogP contribution is -2.57. The molecule has 1 fully saturated rings. The SMILES string of the molecule is CCOC(=O)C(C)(C(=O)OCC)C1CCCC(=O)N1. The van der Waals surface area contributed by atoms with Crippen molar-refractivity contribution in [3.63, 3.8) is 0 Å². The number of hydrogen-bond donors (Lipinski definition) is 1. The Hall–Kier alpha value is -1.59. The monoisotopic (exact) mass is 271 g/mol. The molecule has 108 valence electrons. The summed E-state index contributed by atoms with van der Waals surface area (Å²) in [5.41, 5.74) is -1.48. The number of rotatable bonds is 5. The number of ether oxygens (including phenoxy) is 2. The molecule has 1 unspecified atom stereocenters. The van der Waals surface area contributed by atoms with Gasteiger partial charge in [-0.15, -0.1) is 0 Å². The fraction of sp³-hybridized carbons (Fsp3) is 0.769. The number of nitrogens with one attached hydrogen (secondary N) is 1. The minimum atomic E-state index is -1.48. The first-order valence-corrected chi connectivity index (χ1v) is 6.60. The van der Waals surface area contributed by atoms with Gasteiger partial charge in [0.15, 0.2) is 5.41 Å². The summed E-state index contributed by atoms with van der Waals surface area (Å²) >= 11 is 0. The molecular formula is C13H21NO5. The smallest absolute Gasteiger partial charge is 0.325 e. The number of carbonyl (C=O) groups is 3. The average Bonchev–Trinajstić information content (AvgIpc) is 2.38. The average molecular weight is 271 g/mol. The maximum absolute atomic E-state index is 12.1. The van der Waals surface area contributed by atoms with Crippen molar-refractivity contribution >= 4 is 17.8 Å². The molecule has 0 saturated carbocycles. The van der Waals surface area contributed by atoms with Gasteiger partial charge in [0.1, 0.15) is 0 Å². The zero-order valence-corrected chi connectivity index (χ0v) is 11.7. The van der Waals surface area contributed by atoms with Gasteiger partial charge in [-0.1, -0.05) is 0 Å². The quantitative estimate of drug-likeness (QED) is 0.590. The highest BCUT2D eigenvalue weighted by Crippen LogP contribution is 2.31. The molecular weight excluding hydrogens is 250 g/mol. The molecule has 0 aromatic rings. The van der Waals surface area contributed by atoms with E-state index in [1.54, 1.807) is 13.8 Å². The molecule has 6 heteroatoms. The Bertz CT molecular complexity index is 348. The summed E-state index contributed by atoms with van der Waals surface area (Å²) in [4.78, 5) is 35.7. The highest BCUT2D eigenvalue weighted by atomic mass is 16.6. The fourth-order valence-electron chi connectivity index (χ4n) is 2.17. The number of hydrogen-bond acceptors (Lipinski definition) is 5. The predicted molar refractivity (Wildman–Crippen MR) is 67.2 cm³/mol. The van der Waals surface area contributed by atoms with Gasteiger partial charge in [0, 0.05) is 6.42 Å². The van der Waals surface area contributed by atoms with Gasteiger partial charge in [0.05, 0.1) is 19.3 Å². The van der Waals surface area contributed by atoms with Crippen LogP contribution in [0.1, 0.15) is 40.0 Å². The molecule has 1 amide bonds. The normalized spacial score (nSPS) is 19.5. The summed E-state index contributed by atoms with van der Waals surface area (Å²) in [5.74, 6) is -1.46. The summed E-state index contributed by atoms with van der Waals surface area (Å²) in [6, 6.07) is -0.577. The van der Waals surface area contributed by atoms with E-state index in [4.69, 9.17) is 9.47 Å². The molecule has 1 saturated heterocycles. The van der Waals surface area contributed by atoms with E-state index in [9.17, 15) is 14.4 Å². The number of carbonyl (C=O) groups excluding carboxylic acids is 3. The van der Waals surface area contributed by atoms with E-state index in [2.05, 4.69) is 5.32 Å². The lowest BCUT2D eigenvalue weighted by molar-refractivity contribution is -0.173. The molecule has 1 rings (SSSR count). The van der Waals surface area contributed by atoms with E-state index >= 15 is 0 Å². The Morgan fingerprint density at radius 2 is 1.79 bits per heavy atom. The molecule has 1 N–H and O–H groups in total. The Morgan fingerprint density at radius 1 is 1.26 bits per heavy atom. The van der Waals surface area contributed by atoms with Gasteiger partial charge >= 0.3 is 11.9 Å². The second kappa shape index (κ2) is 6.54. The third-order valence-electron chi connectivity index (χ3n) is 3.33. The third-order valence-corrected chi connectivity index (χ3v) is 3.33. The summed E-state index contributed by atoms with van der Waals surface area (Å²) in [5, 5.41) is 2.69. The maximum Gasteiger partial charge on any atom is 0.325 e. The van der Waals surface area contributed by atoms with E-state index in [1.807, 2.05) is 0 Å². The van der Waals surface area contributed by atoms with E-state index in [0.29, 0.717) is 19.3 Å². The van der Waals surface area contributed by atoms with E-state index in [0.717, 1.165) is 0 Å². The molecule has 0 spiro atoms. The van der Waals surface area contributed by atoms with Gasteiger partial charge in [-0.2, -0.15) is 0 Å². The Balaban J connectivity index is 2.99. The van der Waals surface area contributed by atoms with Crippen LogP contribution in [0.2, 0.25) is 0 Å². The van der Waals surface area contributed by atoms with Gasteiger partial charge in [0.2, 0.25) is 5.91 Å². The molecule has 0 bridgehead atoms. The van der Waals surface area contributed by atoms with Crippen molar-refractivity contribution in [1.29, 1.82) is 0 Å². The van der Waals surface area contributed by atoms with Crippen molar-refractivity contribution in [3.05, 3.63) is 0 Å². The minimum absolute atomic E-state index is 0.156. The number of piperidine rings is 1. The van der Waals surface area contributed by atoms with Crippen LogP contribution in [-0.2, 0) is 23.9 Å². The van der Waals surface area contributed by atoms with Crippen LogP contribution < -0.4 is 5.32 Å². The van der Waals surface area contributed by atoms with Gasteiger partial charge in [-0.25, -0.2) is 0 Å². The molecule has 0 aromatic carbocycles. The van der Waals surface area contributed by atoms with Crippen LogP contribution >= 0.6 is 0 Å². The standard InChI is InChI=1S/C13H21NO5/c1-4-18-11(16)13(3,12(17)19-5-2)9-7-6-8-10(15)14-9/h9H,4-8H2,1-3H3,(H,14,15). The van der Waals surface area contributed by atoms with Crippen molar-refractivity contribution in [2.45, 2.75) is 46.1 Å². The summed E-state index contributed by atoms with van der Waals surface area (Å²) in [6.07, 6.45) is 1.61. The first-order valence-electron chi connectivity index (χ1n) is 6.60. The van der Waals surface area contributed by atoms with Crippen LogP contribution in [-0.4, -0.2) is 37.1 Å². The fourth-order valence-corrected chi connectivity index (χ4v) is 2.17. The predicted octanol–water partition coefficient (Wildman–Crippen LogP) is 0.788. The largest absolute Gasteiger partial charge is 0.465 e. The second-order valence-electron chi connectivity index (χ2n) is 4.66. The van der Waals surface area contributed by atoms with Gasteiger partial charge < -0.3 is 14.8 Å². The van der Waals surface area contributed by atoms with Crippen molar-refractivity contribution in [3.8, 4) is 0 Å². The van der Waals surface area contributed by atoms with Gasteiger partial charge in [0.25, 0.3) is 0 Å². The number of amides is 1. The lowest BCUT2D eigenvalue weighted by Gasteiger charge is -2.35. The molecule has 1 aliphatic heterocycles. The van der Waals surface area contributed by atoms with Crippen molar-refractivity contribution in [2.24, 2.45) is 5.41 Å². The zero-order chi connectivity index (χ0) is 14.5. The summed E-state index contributed by atoms with van der Waals surface area (Å²) in [6.45, 7) is 5.16. The Kier molecular flexibility index (Phi) is 5.32. The van der Waals surface area contributed by atoms with E-state index in [1.165, 1.54) is 6.92 Å². The number of esters is 2. The highest BCUT2D eigenvalue weighted by Gasteiger charge is 2.52. The van der Waals surface area contributed by atoms with Crippen LogP contribution in [0, 0.1) is 5.41 Å². The van der Waals surface area contributed by atoms with Gasteiger partial charge in [-0.3, -0.25) is 14.4 Å². The molecule has 6 nitrogen and oxygen atoms in total. The van der Waals surface area contributed by atoms with Crippen LogP contribution in [0.4, 0.5) is 0 Å². The summed E-state index contributed by atoms with van der Waals surface area (Å²) < 4.78 is 9.94. The topological polar surface area (TPSA) is 81.7 Å². The van der Waals surface area contributed by atoms with Crippen molar-refractivity contribution in [2.75, 3.05) is 13.2 Å². The molecule has 1 heterocycles. The van der Waals surface area contributed by atoms with Crippen LogP contribution in [0.5, 0.6) is 0 Å².